The molecular weight excluding hydrogens is 314 g/mol. The van der Waals surface area contributed by atoms with E-state index < -0.39 is 0 Å². The number of ketones is 1. The average molecular weight is 343 g/mol. The molecule has 1 aromatic heterocycles. The van der Waals surface area contributed by atoms with Gasteiger partial charge >= 0.3 is 0 Å². The molecule has 0 aliphatic heterocycles. The van der Waals surface area contributed by atoms with E-state index in [1.54, 1.807) is 6.20 Å². The number of aryl methyl sites for hydroxylation is 2. The maximum atomic E-state index is 12.1. The third kappa shape index (κ3) is 7.65. The molecule has 0 radical (unpaired) electrons. The van der Waals surface area contributed by atoms with Crippen LogP contribution in [0.1, 0.15) is 73.4 Å². The van der Waals surface area contributed by atoms with E-state index in [0.29, 0.717) is 6.42 Å². The fourth-order valence-corrected chi connectivity index (χ4v) is 2.86. The van der Waals surface area contributed by atoms with Crippen molar-refractivity contribution in [3.8, 4) is 0 Å². The molecule has 0 amide bonds. The molecule has 25 heavy (non-hydrogen) atoms. The Bertz CT molecular complexity index is 607. The molecule has 136 valence electrons. The number of benzene rings is 1. The van der Waals surface area contributed by atoms with E-state index in [2.05, 4.69) is 29.2 Å². The van der Waals surface area contributed by atoms with Crippen LogP contribution >= 0.6 is 0 Å². The summed E-state index contributed by atoms with van der Waals surface area (Å²) in [5.74, 6) is 1.02. The van der Waals surface area contributed by atoms with Gasteiger partial charge in [-0.2, -0.15) is 0 Å². The molecule has 0 saturated heterocycles. The number of unbranched alkanes of at least 4 members (excludes halogenated alkanes) is 5. The van der Waals surface area contributed by atoms with Crippen molar-refractivity contribution in [2.45, 2.75) is 64.2 Å². The number of hydrogen-bond donors (Lipinski definition) is 1. The van der Waals surface area contributed by atoms with Gasteiger partial charge in [-0.15, -0.1) is 0 Å². The number of rotatable bonds is 13. The summed E-state index contributed by atoms with van der Waals surface area (Å²) < 4.78 is 5.54. The van der Waals surface area contributed by atoms with Gasteiger partial charge < -0.3 is 9.52 Å². The Hall–Kier alpha value is -1.94. The molecule has 4 heteroatoms. The molecule has 0 fully saturated rings. The molecule has 0 spiro atoms. The number of oxazole rings is 1. The second-order valence-corrected chi connectivity index (χ2v) is 6.49. The number of aromatic nitrogens is 1. The Labute approximate surface area is 150 Å². The number of aliphatic hydroxyl groups is 1. The van der Waals surface area contributed by atoms with Gasteiger partial charge in [-0.1, -0.05) is 49.6 Å². The first kappa shape index (κ1) is 19.4. The van der Waals surface area contributed by atoms with Crippen LogP contribution < -0.4 is 0 Å². The molecule has 1 heterocycles. The first-order valence-electron chi connectivity index (χ1n) is 9.42. The lowest BCUT2D eigenvalue weighted by atomic mass is 10.0. The van der Waals surface area contributed by atoms with Crippen molar-refractivity contribution in [1.82, 2.24) is 4.98 Å². The fourth-order valence-electron chi connectivity index (χ4n) is 2.86. The molecule has 0 aliphatic rings. The lowest BCUT2D eigenvalue weighted by Crippen LogP contribution is -1.99. The summed E-state index contributed by atoms with van der Waals surface area (Å²) in [6, 6.07) is 10.5. The predicted molar refractivity (Wildman–Crippen MR) is 98.7 cm³/mol. The second kappa shape index (κ2) is 11.6. The Kier molecular flexibility index (Phi) is 8.98. The molecule has 0 unspecified atom stereocenters. The zero-order valence-electron chi connectivity index (χ0n) is 15.0. The van der Waals surface area contributed by atoms with E-state index in [0.717, 1.165) is 63.5 Å². The molecule has 0 atom stereocenters. The van der Waals surface area contributed by atoms with Crippen molar-refractivity contribution < 1.29 is 14.3 Å². The Morgan fingerprint density at radius 3 is 2.44 bits per heavy atom. The van der Waals surface area contributed by atoms with Crippen LogP contribution in [0.2, 0.25) is 0 Å². The SMILES string of the molecule is O=C(CCCCCCc1ccccc1)c1ncc(CCCCCO)o1. The van der Waals surface area contributed by atoms with Crippen LogP contribution in [0.3, 0.4) is 0 Å². The van der Waals surface area contributed by atoms with E-state index >= 15 is 0 Å². The van der Waals surface area contributed by atoms with E-state index in [1.165, 1.54) is 5.56 Å². The number of hydrogen-bond acceptors (Lipinski definition) is 4. The molecule has 0 bridgehead atoms. The van der Waals surface area contributed by atoms with Gasteiger partial charge in [0.15, 0.2) is 0 Å². The quantitative estimate of drug-likeness (QED) is 0.421. The molecular formula is C21H29NO3. The number of carbonyl (C=O) groups is 1. The van der Waals surface area contributed by atoms with E-state index in [4.69, 9.17) is 9.52 Å². The van der Waals surface area contributed by atoms with Gasteiger partial charge in [-0.3, -0.25) is 4.79 Å². The molecule has 1 N–H and O–H groups in total. The lowest BCUT2D eigenvalue weighted by molar-refractivity contribution is 0.0943. The standard InChI is InChI=1S/C21H29NO3/c23-16-10-4-8-14-19-17-22-21(25-19)20(24)15-9-2-1-5-11-18-12-6-3-7-13-18/h3,6-7,12-13,17,23H,1-2,4-5,8-11,14-16H2. The minimum absolute atomic E-state index is 0.00432. The van der Waals surface area contributed by atoms with Gasteiger partial charge in [-0.25, -0.2) is 4.98 Å². The van der Waals surface area contributed by atoms with Crippen molar-refractivity contribution in [1.29, 1.82) is 0 Å². The number of aliphatic hydroxyl groups excluding tert-OH is 1. The van der Waals surface area contributed by atoms with Crippen molar-refractivity contribution in [3.05, 3.63) is 53.7 Å². The summed E-state index contributed by atoms with van der Waals surface area (Å²) in [6.07, 6.45) is 11.0. The Morgan fingerprint density at radius 1 is 0.920 bits per heavy atom. The molecule has 0 aliphatic carbocycles. The van der Waals surface area contributed by atoms with Crippen molar-refractivity contribution >= 4 is 5.78 Å². The van der Waals surface area contributed by atoms with Crippen molar-refractivity contribution in [2.24, 2.45) is 0 Å². The van der Waals surface area contributed by atoms with Gasteiger partial charge in [0.1, 0.15) is 5.76 Å². The molecule has 2 aromatic rings. The predicted octanol–water partition coefficient (Wildman–Crippen LogP) is 4.76. The Balaban J connectivity index is 1.56. The molecule has 2 rings (SSSR count). The first-order chi connectivity index (χ1) is 12.3. The summed E-state index contributed by atoms with van der Waals surface area (Å²) in [6.45, 7) is 0.228. The van der Waals surface area contributed by atoms with Crippen LogP contribution in [-0.2, 0) is 12.8 Å². The summed E-state index contributed by atoms with van der Waals surface area (Å²) in [5.41, 5.74) is 1.38. The summed E-state index contributed by atoms with van der Waals surface area (Å²) in [7, 11) is 0. The van der Waals surface area contributed by atoms with Gasteiger partial charge in [0.05, 0.1) is 6.20 Å². The highest BCUT2D eigenvalue weighted by Gasteiger charge is 2.12. The van der Waals surface area contributed by atoms with E-state index in [1.807, 2.05) is 6.07 Å². The largest absolute Gasteiger partial charge is 0.439 e. The number of Topliss-reactive ketones (excluding diaryl/α,β-unsaturated/α-hetero) is 1. The average Bonchev–Trinajstić information content (AvgIpc) is 3.11. The highest BCUT2D eigenvalue weighted by atomic mass is 16.4. The van der Waals surface area contributed by atoms with Crippen molar-refractivity contribution in [2.75, 3.05) is 6.61 Å². The van der Waals surface area contributed by atoms with Crippen LogP contribution in [0.15, 0.2) is 40.9 Å². The van der Waals surface area contributed by atoms with Crippen LogP contribution in [-0.4, -0.2) is 22.5 Å². The van der Waals surface area contributed by atoms with Gasteiger partial charge in [0, 0.05) is 19.4 Å². The maximum absolute atomic E-state index is 12.1. The van der Waals surface area contributed by atoms with Crippen LogP contribution in [0.5, 0.6) is 0 Å². The van der Waals surface area contributed by atoms with Gasteiger partial charge in [0.25, 0.3) is 5.89 Å². The highest BCUT2D eigenvalue weighted by Crippen LogP contribution is 2.13. The smallest absolute Gasteiger partial charge is 0.263 e. The second-order valence-electron chi connectivity index (χ2n) is 6.49. The minimum Gasteiger partial charge on any atom is -0.439 e. The summed E-state index contributed by atoms with van der Waals surface area (Å²) in [5, 5.41) is 8.75. The van der Waals surface area contributed by atoms with E-state index in [-0.39, 0.29) is 18.3 Å². The third-order valence-corrected chi connectivity index (χ3v) is 4.34. The lowest BCUT2D eigenvalue weighted by Gasteiger charge is -2.01. The number of carbonyl (C=O) groups excluding carboxylic acids is 1. The maximum Gasteiger partial charge on any atom is 0.263 e. The summed E-state index contributed by atoms with van der Waals surface area (Å²) >= 11 is 0. The monoisotopic (exact) mass is 343 g/mol. The number of nitrogens with zero attached hydrogens (tertiary/aromatic N) is 1. The topological polar surface area (TPSA) is 63.3 Å². The third-order valence-electron chi connectivity index (χ3n) is 4.34. The zero-order valence-corrected chi connectivity index (χ0v) is 15.0. The summed E-state index contributed by atoms with van der Waals surface area (Å²) in [4.78, 5) is 16.2. The van der Waals surface area contributed by atoms with Gasteiger partial charge in [-0.05, 0) is 37.7 Å². The van der Waals surface area contributed by atoms with Crippen LogP contribution in [0, 0.1) is 0 Å². The molecule has 1 aromatic carbocycles. The highest BCUT2D eigenvalue weighted by molar-refractivity contribution is 5.91. The van der Waals surface area contributed by atoms with Gasteiger partial charge in [0.2, 0.25) is 5.78 Å². The van der Waals surface area contributed by atoms with Crippen LogP contribution in [0.4, 0.5) is 0 Å². The molecule has 0 saturated carbocycles. The Morgan fingerprint density at radius 2 is 1.64 bits per heavy atom. The zero-order chi connectivity index (χ0) is 17.7. The fraction of sp³-hybridized carbons (Fsp3) is 0.524. The first-order valence-corrected chi connectivity index (χ1v) is 9.42. The minimum atomic E-state index is 0.00432. The molecule has 4 nitrogen and oxygen atoms in total. The van der Waals surface area contributed by atoms with E-state index in [9.17, 15) is 4.79 Å². The van der Waals surface area contributed by atoms with Crippen molar-refractivity contribution in [3.63, 3.8) is 0 Å². The normalized spacial score (nSPS) is 10.9. The van der Waals surface area contributed by atoms with Crippen LogP contribution in [0.25, 0.3) is 0 Å².